The highest BCUT2D eigenvalue weighted by Gasteiger charge is 2.00. The molecule has 84 valence electrons. The van der Waals surface area contributed by atoms with Gasteiger partial charge in [-0.2, -0.15) is 0 Å². The number of nitrogens with zero attached hydrogens (tertiary/aromatic N) is 1. The maximum Gasteiger partial charge on any atom is 0.0897 e. The molecular weight excluding hydrogens is 228 g/mol. The number of anilines is 1. The molecule has 2 nitrogen and oxygen atoms in total. The summed E-state index contributed by atoms with van der Waals surface area (Å²) in [6, 6.07) is 14.7. The van der Waals surface area contributed by atoms with Gasteiger partial charge in [0.2, 0.25) is 0 Å². The molecule has 2 heterocycles. The predicted octanol–water partition coefficient (Wildman–Crippen LogP) is 3.91. The summed E-state index contributed by atoms with van der Waals surface area (Å²) in [4.78, 5) is 4.01. The van der Waals surface area contributed by atoms with Gasteiger partial charge in [0.1, 0.15) is 0 Å². The van der Waals surface area contributed by atoms with Crippen LogP contribution in [0.4, 0.5) is 5.00 Å². The fourth-order valence-electron chi connectivity index (χ4n) is 1.76. The molecule has 0 saturated carbocycles. The van der Waals surface area contributed by atoms with Crippen LogP contribution in [-0.2, 0) is 6.54 Å². The first-order chi connectivity index (χ1) is 8.42. The number of pyridine rings is 1. The van der Waals surface area contributed by atoms with Gasteiger partial charge in [0, 0.05) is 23.6 Å². The summed E-state index contributed by atoms with van der Waals surface area (Å²) in [5, 5.41) is 5.95. The van der Waals surface area contributed by atoms with E-state index in [0.717, 1.165) is 6.54 Å². The van der Waals surface area contributed by atoms with Crippen LogP contribution in [-0.4, -0.2) is 4.98 Å². The molecule has 0 fully saturated rings. The highest BCUT2D eigenvalue weighted by molar-refractivity contribution is 7.22. The predicted molar refractivity (Wildman–Crippen MR) is 73.4 cm³/mol. The van der Waals surface area contributed by atoms with Gasteiger partial charge in [-0.05, 0) is 35.2 Å². The second-order valence-electron chi connectivity index (χ2n) is 3.86. The third-order valence-electron chi connectivity index (χ3n) is 2.64. The largest absolute Gasteiger partial charge is 0.373 e. The molecule has 0 aliphatic heterocycles. The van der Waals surface area contributed by atoms with Gasteiger partial charge in [0.15, 0.2) is 0 Å². The minimum atomic E-state index is 0.843. The van der Waals surface area contributed by atoms with E-state index in [1.54, 1.807) is 11.3 Å². The van der Waals surface area contributed by atoms with Crippen molar-refractivity contribution in [1.82, 2.24) is 4.98 Å². The van der Waals surface area contributed by atoms with Crippen LogP contribution in [0.1, 0.15) is 5.56 Å². The Morgan fingerprint density at radius 1 is 1.06 bits per heavy atom. The first-order valence-electron chi connectivity index (χ1n) is 5.53. The van der Waals surface area contributed by atoms with Crippen LogP contribution in [0.2, 0.25) is 0 Å². The van der Waals surface area contributed by atoms with E-state index in [2.05, 4.69) is 40.6 Å². The highest BCUT2D eigenvalue weighted by atomic mass is 32.1. The van der Waals surface area contributed by atoms with Crippen molar-refractivity contribution in [3.8, 4) is 0 Å². The monoisotopic (exact) mass is 240 g/mol. The summed E-state index contributed by atoms with van der Waals surface area (Å²) in [7, 11) is 0. The first kappa shape index (κ1) is 10.3. The number of thiophene rings is 1. The third-order valence-corrected chi connectivity index (χ3v) is 3.72. The second-order valence-corrected chi connectivity index (χ2v) is 4.94. The van der Waals surface area contributed by atoms with Gasteiger partial charge in [-0.1, -0.05) is 18.2 Å². The number of nitrogens with one attached hydrogen (secondary N) is 1. The van der Waals surface area contributed by atoms with E-state index >= 15 is 0 Å². The molecule has 0 unspecified atom stereocenters. The molecule has 0 radical (unpaired) electrons. The topological polar surface area (TPSA) is 24.9 Å². The van der Waals surface area contributed by atoms with E-state index in [-0.39, 0.29) is 0 Å². The Balaban J connectivity index is 1.77. The summed E-state index contributed by atoms with van der Waals surface area (Å²) in [5.41, 5.74) is 1.25. The normalized spacial score (nSPS) is 10.6. The van der Waals surface area contributed by atoms with Crippen molar-refractivity contribution in [2.75, 3.05) is 5.32 Å². The van der Waals surface area contributed by atoms with Gasteiger partial charge in [-0.3, -0.25) is 4.98 Å². The standard InChI is InChI=1S/C14H12N2S/c1-2-4-13-12(3-1)9-14(17-13)16-10-11-5-7-15-8-6-11/h1-9,16H,10H2. The zero-order chi connectivity index (χ0) is 11.5. The molecule has 17 heavy (non-hydrogen) atoms. The van der Waals surface area contributed by atoms with Crippen LogP contribution < -0.4 is 5.32 Å². The quantitative estimate of drug-likeness (QED) is 0.750. The lowest BCUT2D eigenvalue weighted by atomic mass is 10.2. The van der Waals surface area contributed by atoms with E-state index in [0.29, 0.717) is 0 Å². The summed E-state index contributed by atoms with van der Waals surface area (Å²) in [5.74, 6) is 0. The van der Waals surface area contributed by atoms with Crippen molar-refractivity contribution < 1.29 is 0 Å². The SMILES string of the molecule is c1ccc2sc(NCc3ccncc3)cc2c1. The number of rotatable bonds is 3. The Morgan fingerprint density at radius 2 is 1.88 bits per heavy atom. The van der Waals surface area contributed by atoms with Gasteiger partial charge < -0.3 is 5.32 Å². The molecule has 0 atom stereocenters. The lowest BCUT2D eigenvalue weighted by Crippen LogP contribution is -1.96. The highest BCUT2D eigenvalue weighted by Crippen LogP contribution is 2.29. The van der Waals surface area contributed by atoms with Crippen LogP contribution in [0.3, 0.4) is 0 Å². The maximum absolute atomic E-state index is 4.01. The molecule has 0 aliphatic carbocycles. The fraction of sp³-hybridized carbons (Fsp3) is 0.0714. The van der Waals surface area contributed by atoms with Gasteiger partial charge in [0.25, 0.3) is 0 Å². The Kier molecular flexibility index (Phi) is 2.76. The number of hydrogen-bond acceptors (Lipinski definition) is 3. The van der Waals surface area contributed by atoms with Crippen LogP contribution in [0.25, 0.3) is 10.1 Å². The van der Waals surface area contributed by atoms with Crippen molar-refractivity contribution in [2.45, 2.75) is 6.54 Å². The van der Waals surface area contributed by atoms with Crippen molar-refractivity contribution in [3.05, 3.63) is 60.4 Å². The molecule has 0 aliphatic rings. The number of aromatic nitrogens is 1. The average molecular weight is 240 g/mol. The Hall–Kier alpha value is -1.87. The Morgan fingerprint density at radius 3 is 2.71 bits per heavy atom. The van der Waals surface area contributed by atoms with Crippen LogP contribution in [0.15, 0.2) is 54.9 Å². The zero-order valence-electron chi connectivity index (χ0n) is 9.26. The minimum Gasteiger partial charge on any atom is -0.373 e. The van der Waals surface area contributed by atoms with Gasteiger partial charge in [-0.15, -0.1) is 11.3 Å². The van der Waals surface area contributed by atoms with Crippen molar-refractivity contribution in [3.63, 3.8) is 0 Å². The molecule has 0 amide bonds. The number of hydrogen-bond donors (Lipinski definition) is 1. The Bertz CT molecular complexity index is 583. The van der Waals surface area contributed by atoms with E-state index in [1.165, 1.54) is 20.7 Å². The minimum absolute atomic E-state index is 0.843. The summed E-state index contributed by atoms with van der Waals surface area (Å²) >= 11 is 1.79. The third kappa shape index (κ3) is 2.29. The molecule has 0 spiro atoms. The van der Waals surface area contributed by atoms with Gasteiger partial charge in [0.05, 0.1) is 5.00 Å². The molecule has 1 N–H and O–H groups in total. The van der Waals surface area contributed by atoms with E-state index in [4.69, 9.17) is 0 Å². The van der Waals surface area contributed by atoms with Gasteiger partial charge in [-0.25, -0.2) is 0 Å². The first-order valence-corrected chi connectivity index (χ1v) is 6.35. The average Bonchev–Trinajstić information content (AvgIpc) is 2.80. The molecular formula is C14H12N2S. The van der Waals surface area contributed by atoms with Crippen molar-refractivity contribution in [1.29, 1.82) is 0 Å². The summed E-state index contributed by atoms with van der Waals surface area (Å²) < 4.78 is 1.32. The van der Waals surface area contributed by atoms with Crippen LogP contribution in [0.5, 0.6) is 0 Å². The molecule has 0 saturated heterocycles. The molecule has 3 aromatic rings. The Labute approximate surface area is 104 Å². The number of benzene rings is 1. The van der Waals surface area contributed by atoms with Crippen molar-refractivity contribution >= 4 is 26.4 Å². The fourth-order valence-corrected chi connectivity index (χ4v) is 2.72. The second kappa shape index (κ2) is 4.55. The zero-order valence-corrected chi connectivity index (χ0v) is 10.1. The van der Waals surface area contributed by atoms with Crippen molar-refractivity contribution in [2.24, 2.45) is 0 Å². The van der Waals surface area contributed by atoms with E-state index < -0.39 is 0 Å². The van der Waals surface area contributed by atoms with Crippen LogP contribution in [0, 0.1) is 0 Å². The summed E-state index contributed by atoms with van der Waals surface area (Å²) in [6.07, 6.45) is 3.64. The molecule has 1 aromatic carbocycles. The molecule has 2 aromatic heterocycles. The molecule has 3 heteroatoms. The molecule has 3 rings (SSSR count). The lowest BCUT2D eigenvalue weighted by molar-refractivity contribution is 1.14. The lowest BCUT2D eigenvalue weighted by Gasteiger charge is -2.02. The molecule has 0 bridgehead atoms. The van der Waals surface area contributed by atoms with E-state index in [1.807, 2.05) is 24.5 Å². The summed E-state index contributed by atoms with van der Waals surface area (Å²) in [6.45, 7) is 0.843. The van der Waals surface area contributed by atoms with Crippen LogP contribution >= 0.6 is 11.3 Å². The van der Waals surface area contributed by atoms with E-state index in [9.17, 15) is 0 Å². The van der Waals surface area contributed by atoms with Gasteiger partial charge >= 0.3 is 0 Å². The number of fused-ring (bicyclic) bond motifs is 1. The maximum atomic E-state index is 4.01. The smallest absolute Gasteiger partial charge is 0.0897 e.